The fraction of sp³-hybridized carbons (Fsp3) is 0.263. The standard InChI is InChI=1S/C19H21NO4/c1-13(21)16-6-4-5-7-17(16)20-19(22)11-8-14-12-15(23-2)9-10-18(14)24-3/h4-7,9-10,12H,8,11H2,1-3H3,(H,20,22). The van der Waals surface area contributed by atoms with Gasteiger partial charge in [0.1, 0.15) is 11.5 Å². The predicted octanol–water partition coefficient (Wildman–Crippen LogP) is 3.48. The van der Waals surface area contributed by atoms with Crippen molar-refractivity contribution in [1.82, 2.24) is 0 Å². The topological polar surface area (TPSA) is 64.6 Å². The zero-order valence-electron chi connectivity index (χ0n) is 14.1. The zero-order valence-corrected chi connectivity index (χ0v) is 14.1. The van der Waals surface area contributed by atoms with Gasteiger partial charge in [-0.25, -0.2) is 0 Å². The minimum absolute atomic E-state index is 0.0830. The fourth-order valence-corrected chi connectivity index (χ4v) is 2.44. The number of carbonyl (C=O) groups is 2. The number of ketones is 1. The van der Waals surface area contributed by atoms with Crippen molar-refractivity contribution in [3.8, 4) is 11.5 Å². The molecular weight excluding hydrogens is 306 g/mol. The molecule has 0 saturated carbocycles. The van der Waals surface area contributed by atoms with Crippen molar-refractivity contribution in [2.45, 2.75) is 19.8 Å². The van der Waals surface area contributed by atoms with E-state index in [1.54, 1.807) is 38.5 Å². The van der Waals surface area contributed by atoms with Crippen LogP contribution in [0, 0.1) is 0 Å². The molecule has 5 nitrogen and oxygen atoms in total. The summed E-state index contributed by atoms with van der Waals surface area (Å²) in [5.41, 5.74) is 1.93. The molecule has 0 unspecified atom stereocenters. The van der Waals surface area contributed by atoms with Gasteiger partial charge in [0.15, 0.2) is 5.78 Å². The molecular formula is C19H21NO4. The molecule has 0 spiro atoms. The minimum Gasteiger partial charge on any atom is -0.497 e. The molecule has 2 aromatic carbocycles. The lowest BCUT2D eigenvalue weighted by Gasteiger charge is -2.11. The molecule has 126 valence electrons. The molecule has 0 aliphatic carbocycles. The molecule has 0 saturated heterocycles. The van der Waals surface area contributed by atoms with Crippen LogP contribution in [0.25, 0.3) is 0 Å². The van der Waals surface area contributed by atoms with Gasteiger partial charge in [-0.3, -0.25) is 9.59 Å². The number of carbonyl (C=O) groups excluding carboxylic acids is 2. The second kappa shape index (κ2) is 8.15. The number of amides is 1. The third-order valence-electron chi connectivity index (χ3n) is 3.69. The highest BCUT2D eigenvalue weighted by Gasteiger charge is 2.11. The molecule has 2 rings (SSSR count). The highest BCUT2D eigenvalue weighted by molar-refractivity contribution is 6.03. The van der Waals surface area contributed by atoms with Crippen LogP contribution in [0.1, 0.15) is 29.3 Å². The SMILES string of the molecule is COc1ccc(OC)c(CCC(=O)Nc2ccccc2C(C)=O)c1. The first-order chi connectivity index (χ1) is 11.5. The number of methoxy groups -OCH3 is 2. The zero-order chi connectivity index (χ0) is 17.5. The Morgan fingerprint density at radius 3 is 2.46 bits per heavy atom. The number of ether oxygens (including phenoxy) is 2. The first kappa shape index (κ1) is 17.5. The Bertz CT molecular complexity index is 740. The van der Waals surface area contributed by atoms with E-state index in [1.165, 1.54) is 6.92 Å². The smallest absolute Gasteiger partial charge is 0.224 e. The predicted molar refractivity (Wildman–Crippen MR) is 92.9 cm³/mol. The molecule has 0 heterocycles. The van der Waals surface area contributed by atoms with Crippen molar-refractivity contribution in [2.24, 2.45) is 0 Å². The first-order valence-corrected chi connectivity index (χ1v) is 7.66. The largest absolute Gasteiger partial charge is 0.497 e. The third kappa shape index (κ3) is 4.35. The average Bonchev–Trinajstić information content (AvgIpc) is 2.59. The second-order valence-electron chi connectivity index (χ2n) is 5.33. The van der Waals surface area contributed by atoms with E-state index >= 15 is 0 Å². The highest BCUT2D eigenvalue weighted by atomic mass is 16.5. The molecule has 0 fully saturated rings. The van der Waals surface area contributed by atoms with Crippen molar-refractivity contribution in [3.05, 3.63) is 53.6 Å². The Labute approximate surface area is 141 Å². The van der Waals surface area contributed by atoms with E-state index in [4.69, 9.17) is 9.47 Å². The van der Waals surface area contributed by atoms with Crippen LogP contribution in [-0.4, -0.2) is 25.9 Å². The summed E-state index contributed by atoms with van der Waals surface area (Å²) in [6.45, 7) is 1.48. The normalized spacial score (nSPS) is 10.1. The van der Waals surface area contributed by atoms with Crippen LogP contribution in [0.4, 0.5) is 5.69 Å². The average molecular weight is 327 g/mol. The number of aryl methyl sites for hydroxylation is 1. The summed E-state index contributed by atoms with van der Waals surface area (Å²) in [7, 11) is 3.19. The van der Waals surface area contributed by atoms with Crippen LogP contribution in [-0.2, 0) is 11.2 Å². The monoisotopic (exact) mass is 327 g/mol. The highest BCUT2D eigenvalue weighted by Crippen LogP contribution is 2.25. The Balaban J connectivity index is 2.05. The van der Waals surface area contributed by atoms with Crippen LogP contribution in [0.5, 0.6) is 11.5 Å². The molecule has 24 heavy (non-hydrogen) atoms. The molecule has 1 amide bonds. The molecule has 0 aliphatic rings. The van der Waals surface area contributed by atoms with Gasteiger partial charge in [-0.05, 0) is 49.2 Å². The number of rotatable bonds is 7. The molecule has 0 aromatic heterocycles. The van der Waals surface area contributed by atoms with E-state index in [-0.39, 0.29) is 18.1 Å². The summed E-state index contributed by atoms with van der Waals surface area (Å²) >= 11 is 0. The summed E-state index contributed by atoms with van der Waals surface area (Å²) < 4.78 is 10.5. The van der Waals surface area contributed by atoms with Gasteiger partial charge in [-0.2, -0.15) is 0 Å². The summed E-state index contributed by atoms with van der Waals surface area (Å²) in [5, 5.41) is 2.80. The van der Waals surface area contributed by atoms with Gasteiger partial charge in [-0.1, -0.05) is 12.1 Å². The van der Waals surface area contributed by atoms with E-state index in [2.05, 4.69) is 5.32 Å². The second-order valence-corrected chi connectivity index (χ2v) is 5.33. The lowest BCUT2D eigenvalue weighted by atomic mass is 10.1. The molecule has 2 aromatic rings. The van der Waals surface area contributed by atoms with Gasteiger partial charge in [0.2, 0.25) is 5.91 Å². The number of benzene rings is 2. The van der Waals surface area contributed by atoms with Gasteiger partial charge in [0, 0.05) is 12.0 Å². The quantitative estimate of drug-likeness (QED) is 0.791. The number of Topliss-reactive ketones (excluding diaryl/α,β-unsaturated/α-hetero) is 1. The van der Waals surface area contributed by atoms with Crippen LogP contribution < -0.4 is 14.8 Å². The van der Waals surface area contributed by atoms with E-state index in [9.17, 15) is 9.59 Å². The first-order valence-electron chi connectivity index (χ1n) is 7.66. The van der Waals surface area contributed by atoms with Crippen molar-refractivity contribution in [2.75, 3.05) is 19.5 Å². The van der Waals surface area contributed by atoms with Gasteiger partial charge in [-0.15, -0.1) is 0 Å². The van der Waals surface area contributed by atoms with Crippen molar-refractivity contribution in [1.29, 1.82) is 0 Å². The molecule has 0 radical (unpaired) electrons. The Morgan fingerprint density at radius 1 is 1.04 bits per heavy atom. The number of para-hydroxylation sites is 1. The van der Waals surface area contributed by atoms with Crippen molar-refractivity contribution in [3.63, 3.8) is 0 Å². The van der Waals surface area contributed by atoms with Gasteiger partial charge >= 0.3 is 0 Å². The number of anilines is 1. The number of hydrogen-bond donors (Lipinski definition) is 1. The van der Waals surface area contributed by atoms with Gasteiger partial charge < -0.3 is 14.8 Å². The Kier molecular flexibility index (Phi) is 5.95. The maximum absolute atomic E-state index is 12.2. The Morgan fingerprint density at radius 2 is 1.79 bits per heavy atom. The lowest BCUT2D eigenvalue weighted by Crippen LogP contribution is -2.14. The van der Waals surface area contributed by atoms with Crippen molar-refractivity contribution < 1.29 is 19.1 Å². The maximum Gasteiger partial charge on any atom is 0.224 e. The van der Waals surface area contributed by atoms with E-state index in [0.29, 0.717) is 29.2 Å². The molecule has 1 N–H and O–H groups in total. The third-order valence-corrected chi connectivity index (χ3v) is 3.69. The fourth-order valence-electron chi connectivity index (χ4n) is 2.44. The number of hydrogen-bond acceptors (Lipinski definition) is 4. The van der Waals surface area contributed by atoms with Gasteiger partial charge in [0.25, 0.3) is 0 Å². The summed E-state index contributed by atoms with van der Waals surface area (Å²) in [4.78, 5) is 23.8. The summed E-state index contributed by atoms with van der Waals surface area (Å²) in [6.07, 6.45) is 0.782. The van der Waals surface area contributed by atoms with E-state index < -0.39 is 0 Å². The molecule has 0 atom stereocenters. The summed E-state index contributed by atoms with van der Waals surface area (Å²) in [5.74, 6) is 1.19. The van der Waals surface area contributed by atoms with Crippen LogP contribution >= 0.6 is 0 Å². The van der Waals surface area contributed by atoms with Gasteiger partial charge in [0.05, 0.1) is 19.9 Å². The van der Waals surface area contributed by atoms with Crippen molar-refractivity contribution >= 4 is 17.4 Å². The summed E-state index contributed by atoms with van der Waals surface area (Å²) in [6, 6.07) is 12.5. The van der Waals surface area contributed by atoms with E-state index in [1.807, 2.05) is 18.2 Å². The maximum atomic E-state index is 12.2. The van der Waals surface area contributed by atoms with Crippen LogP contribution in [0.3, 0.4) is 0 Å². The van der Waals surface area contributed by atoms with Crippen LogP contribution in [0.15, 0.2) is 42.5 Å². The number of nitrogens with one attached hydrogen (secondary N) is 1. The Hall–Kier alpha value is -2.82. The molecule has 0 bridgehead atoms. The van der Waals surface area contributed by atoms with E-state index in [0.717, 1.165) is 5.56 Å². The lowest BCUT2D eigenvalue weighted by molar-refractivity contribution is -0.116. The van der Waals surface area contributed by atoms with Crippen LogP contribution in [0.2, 0.25) is 0 Å². The molecule has 5 heteroatoms. The minimum atomic E-state index is -0.159. The molecule has 0 aliphatic heterocycles.